The molecule has 2 nitrogen and oxygen atoms in total. The first kappa shape index (κ1) is 40.2. The fourth-order valence-corrected chi connectivity index (χ4v) is 9.78. The Hall–Kier alpha value is -6.90. The summed E-state index contributed by atoms with van der Waals surface area (Å²) in [4.78, 5) is 2.50. The lowest BCUT2D eigenvalue weighted by atomic mass is 9.77. The standard InChI is InChI=1S/C61H55NO/c1-40-48(35-36-57-58(40)53-25-13-16-30-56(53)63-57)42-31-33-47(34-32-42)62(54-28-14-11-23-49(54)44-37-45(60(2,3)4)39-46(38-44)61(5,6)7)55-29-15-12-24-51(55)52-27-18-22-43-21-17-26-50(59(43)52)41-19-9-8-10-20-41/h8-40,58H,1-7H3. The number of anilines is 3. The Morgan fingerprint density at radius 1 is 0.460 bits per heavy atom. The summed E-state index contributed by atoms with van der Waals surface area (Å²) in [5.74, 6) is 2.48. The lowest BCUT2D eigenvalue weighted by molar-refractivity contribution is 0.407. The summed E-state index contributed by atoms with van der Waals surface area (Å²) in [5.41, 5.74) is 17.0. The summed E-state index contributed by atoms with van der Waals surface area (Å²) in [5, 5.41) is 2.47. The van der Waals surface area contributed by atoms with Crippen LogP contribution in [-0.2, 0) is 10.8 Å². The SMILES string of the molecule is CC1C(c2ccc(N(c3ccccc3-c3cc(C(C)(C)C)cc(C(C)(C)C)c3)c3ccccc3-c3cccc4cccc(-c5ccccc5)c34)cc2)=CC=C2Oc3ccccc3C21. The van der Waals surface area contributed by atoms with Gasteiger partial charge in [0.15, 0.2) is 0 Å². The van der Waals surface area contributed by atoms with Gasteiger partial charge in [-0.2, -0.15) is 0 Å². The summed E-state index contributed by atoms with van der Waals surface area (Å²) in [6.45, 7) is 16.3. The molecule has 2 unspecified atom stereocenters. The van der Waals surface area contributed by atoms with Crippen LogP contribution < -0.4 is 9.64 Å². The fourth-order valence-electron chi connectivity index (χ4n) is 9.78. The number of benzene rings is 8. The van der Waals surface area contributed by atoms with Gasteiger partial charge >= 0.3 is 0 Å². The molecule has 10 rings (SSSR count). The van der Waals surface area contributed by atoms with Gasteiger partial charge in [0.2, 0.25) is 0 Å². The Kier molecular flexibility index (Phi) is 10.1. The monoisotopic (exact) mass is 817 g/mol. The molecular weight excluding hydrogens is 763 g/mol. The molecule has 310 valence electrons. The smallest absolute Gasteiger partial charge is 0.130 e. The quantitative estimate of drug-likeness (QED) is 0.159. The van der Waals surface area contributed by atoms with Crippen LogP contribution in [0.3, 0.4) is 0 Å². The Labute approximate surface area is 373 Å². The summed E-state index contributed by atoms with van der Waals surface area (Å²) in [6, 6.07) is 67.2. The molecular formula is C61H55NO. The molecule has 2 aliphatic rings. The Balaban J connectivity index is 1.17. The van der Waals surface area contributed by atoms with E-state index >= 15 is 0 Å². The third-order valence-corrected chi connectivity index (χ3v) is 13.2. The Morgan fingerprint density at radius 3 is 1.71 bits per heavy atom. The number of para-hydroxylation sites is 3. The maximum Gasteiger partial charge on any atom is 0.130 e. The molecule has 8 aromatic carbocycles. The van der Waals surface area contributed by atoms with Crippen molar-refractivity contribution in [2.45, 2.75) is 65.2 Å². The molecule has 0 saturated carbocycles. The molecule has 1 aliphatic carbocycles. The van der Waals surface area contributed by atoms with E-state index in [1.165, 1.54) is 72.0 Å². The Bertz CT molecular complexity index is 3030. The van der Waals surface area contributed by atoms with Crippen LogP contribution >= 0.6 is 0 Å². The molecule has 0 amide bonds. The van der Waals surface area contributed by atoms with Crippen LogP contribution in [0.1, 0.15) is 76.6 Å². The molecule has 0 radical (unpaired) electrons. The number of nitrogens with zero attached hydrogens (tertiary/aromatic N) is 1. The third-order valence-electron chi connectivity index (χ3n) is 13.2. The summed E-state index contributed by atoms with van der Waals surface area (Å²) < 4.78 is 6.33. The normalized spacial score (nSPS) is 15.9. The average Bonchev–Trinajstić information content (AvgIpc) is 3.69. The fraction of sp³-hybridized carbons (Fsp3) is 0.180. The van der Waals surface area contributed by atoms with Crippen LogP contribution in [0.5, 0.6) is 5.75 Å². The van der Waals surface area contributed by atoms with Crippen molar-refractivity contribution in [3.8, 4) is 39.1 Å². The second-order valence-corrected chi connectivity index (χ2v) is 19.4. The zero-order valence-electron chi connectivity index (χ0n) is 37.5. The first-order valence-electron chi connectivity index (χ1n) is 22.5. The predicted molar refractivity (Wildman–Crippen MR) is 267 cm³/mol. The minimum atomic E-state index is -0.0223. The highest BCUT2D eigenvalue weighted by atomic mass is 16.5. The van der Waals surface area contributed by atoms with Crippen LogP contribution in [0.15, 0.2) is 200 Å². The van der Waals surface area contributed by atoms with Gasteiger partial charge < -0.3 is 9.64 Å². The number of ether oxygens (including phenoxy) is 1. The van der Waals surface area contributed by atoms with E-state index in [0.29, 0.717) is 0 Å². The van der Waals surface area contributed by atoms with E-state index in [1.807, 2.05) is 0 Å². The molecule has 0 N–H and O–H groups in total. The van der Waals surface area contributed by atoms with Crippen molar-refractivity contribution in [1.82, 2.24) is 0 Å². The topological polar surface area (TPSA) is 12.5 Å². The van der Waals surface area contributed by atoms with Gasteiger partial charge in [0, 0.05) is 22.4 Å². The molecule has 1 aliphatic heterocycles. The van der Waals surface area contributed by atoms with Gasteiger partial charge in [-0.25, -0.2) is 0 Å². The minimum Gasteiger partial charge on any atom is -0.461 e. The first-order valence-corrected chi connectivity index (χ1v) is 22.5. The van der Waals surface area contributed by atoms with Crippen LogP contribution in [0.4, 0.5) is 17.1 Å². The van der Waals surface area contributed by atoms with Crippen molar-refractivity contribution in [1.29, 1.82) is 0 Å². The highest BCUT2D eigenvalue weighted by Gasteiger charge is 2.37. The lowest BCUT2D eigenvalue weighted by Crippen LogP contribution is -2.17. The third kappa shape index (κ3) is 7.38. The van der Waals surface area contributed by atoms with Gasteiger partial charge in [0.25, 0.3) is 0 Å². The van der Waals surface area contributed by atoms with Crippen molar-refractivity contribution < 1.29 is 4.74 Å². The molecule has 0 bridgehead atoms. The maximum absolute atomic E-state index is 6.33. The number of hydrogen-bond acceptors (Lipinski definition) is 2. The molecule has 1 heterocycles. The average molecular weight is 818 g/mol. The highest BCUT2D eigenvalue weighted by Crippen LogP contribution is 2.52. The van der Waals surface area contributed by atoms with E-state index in [2.05, 4.69) is 248 Å². The predicted octanol–water partition coefficient (Wildman–Crippen LogP) is 17.0. The van der Waals surface area contributed by atoms with Gasteiger partial charge in [-0.3, -0.25) is 0 Å². The zero-order chi connectivity index (χ0) is 43.5. The molecule has 8 aromatic rings. The molecule has 2 heteroatoms. The number of rotatable bonds is 7. The molecule has 0 fully saturated rings. The van der Waals surface area contributed by atoms with E-state index in [0.717, 1.165) is 28.6 Å². The van der Waals surface area contributed by atoms with Crippen molar-refractivity contribution in [3.05, 3.63) is 222 Å². The second-order valence-electron chi connectivity index (χ2n) is 19.4. The minimum absolute atomic E-state index is 0.0223. The second kappa shape index (κ2) is 15.8. The van der Waals surface area contributed by atoms with Gasteiger partial charge in [-0.15, -0.1) is 0 Å². The van der Waals surface area contributed by atoms with E-state index in [-0.39, 0.29) is 22.7 Å². The van der Waals surface area contributed by atoms with Gasteiger partial charge in [0.05, 0.1) is 17.3 Å². The van der Waals surface area contributed by atoms with Crippen molar-refractivity contribution in [3.63, 3.8) is 0 Å². The van der Waals surface area contributed by atoms with E-state index in [4.69, 9.17) is 4.74 Å². The molecule has 0 aromatic heterocycles. The van der Waals surface area contributed by atoms with Gasteiger partial charge in [-0.05, 0) is 108 Å². The highest BCUT2D eigenvalue weighted by molar-refractivity contribution is 6.09. The molecule has 63 heavy (non-hydrogen) atoms. The van der Waals surface area contributed by atoms with Crippen LogP contribution in [0.25, 0.3) is 49.7 Å². The first-order chi connectivity index (χ1) is 30.4. The molecule has 2 atom stereocenters. The Morgan fingerprint density at radius 2 is 1.03 bits per heavy atom. The van der Waals surface area contributed by atoms with Crippen molar-refractivity contribution >= 4 is 33.4 Å². The lowest BCUT2D eigenvalue weighted by Gasteiger charge is -2.32. The van der Waals surface area contributed by atoms with E-state index < -0.39 is 0 Å². The van der Waals surface area contributed by atoms with Crippen LogP contribution in [0, 0.1) is 5.92 Å². The molecule has 0 spiro atoms. The summed E-state index contributed by atoms with van der Waals surface area (Å²) >= 11 is 0. The maximum atomic E-state index is 6.33. The zero-order valence-corrected chi connectivity index (χ0v) is 37.5. The number of hydrogen-bond donors (Lipinski definition) is 0. The van der Waals surface area contributed by atoms with Gasteiger partial charge in [0.1, 0.15) is 11.5 Å². The van der Waals surface area contributed by atoms with Crippen molar-refractivity contribution in [2.24, 2.45) is 5.92 Å². The summed E-state index contributed by atoms with van der Waals surface area (Å²) in [6.07, 6.45) is 4.44. The van der Waals surface area contributed by atoms with Crippen LogP contribution in [0.2, 0.25) is 0 Å². The number of allylic oxidation sites excluding steroid dienone is 4. The van der Waals surface area contributed by atoms with E-state index in [1.54, 1.807) is 0 Å². The summed E-state index contributed by atoms with van der Waals surface area (Å²) in [7, 11) is 0. The van der Waals surface area contributed by atoms with Gasteiger partial charge in [-0.1, -0.05) is 206 Å². The van der Waals surface area contributed by atoms with Crippen molar-refractivity contribution in [2.75, 3.05) is 4.90 Å². The largest absolute Gasteiger partial charge is 0.461 e. The molecule has 0 saturated heterocycles. The number of fused-ring (bicyclic) bond motifs is 4. The van der Waals surface area contributed by atoms with E-state index in [9.17, 15) is 0 Å². The van der Waals surface area contributed by atoms with Crippen LogP contribution in [-0.4, -0.2) is 0 Å².